The Balaban J connectivity index is 0.000000225. The van der Waals surface area contributed by atoms with Crippen LogP contribution < -0.4 is 0 Å². The summed E-state index contributed by atoms with van der Waals surface area (Å²) in [6, 6.07) is 7.48. The molecule has 0 fully saturated rings. The predicted molar refractivity (Wildman–Crippen MR) is 66.4 cm³/mol. The van der Waals surface area contributed by atoms with E-state index in [4.69, 9.17) is 4.55 Å². The van der Waals surface area contributed by atoms with E-state index in [1.165, 1.54) is 6.07 Å². The van der Waals surface area contributed by atoms with Crippen LogP contribution in [0.4, 0.5) is 4.39 Å². The third-order valence-electron chi connectivity index (χ3n) is 2.12. The normalized spacial score (nSPS) is 10.7. The highest BCUT2D eigenvalue weighted by Gasteiger charge is 2.14. The highest BCUT2D eigenvalue weighted by atomic mass is 32.2. The average molecular weight is 271 g/mol. The number of benzene rings is 1. The summed E-state index contributed by atoms with van der Waals surface area (Å²) >= 11 is 0. The monoisotopic (exact) mass is 271 g/mol. The molecule has 1 aromatic carbocycles. The minimum atomic E-state index is -4.43. The lowest BCUT2D eigenvalue weighted by Gasteiger charge is -1.99. The van der Waals surface area contributed by atoms with Gasteiger partial charge in [0.1, 0.15) is 10.7 Å². The lowest BCUT2D eigenvalue weighted by Crippen LogP contribution is -2.01. The third kappa shape index (κ3) is 4.31. The molecule has 1 N–H and O–H groups in total. The van der Waals surface area contributed by atoms with E-state index in [0.29, 0.717) is 5.56 Å². The summed E-state index contributed by atoms with van der Waals surface area (Å²) in [5.41, 5.74) is 0.597. The van der Waals surface area contributed by atoms with Crippen LogP contribution in [0.3, 0.4) is 0 Å². The number of nitrogens with zero attached hydrogens (tertiary/aromatic N) is 1. The molecule has 0 amide bonds. The SMILES string of the molecule is Cc1ccc(S(=O)(=O)O)c(F)c1.Cn1cccc1. The molecule has 6 heteroatoms. The fourth-order valence-corrected chi connectivity index (χ4v) is 1.78. The molecule has 0 bridgehead atoms. The Morgan fingerprint density at radius 3 is 2.11 bits per heavy atom. The summed E-state index contributed by atoms with van der Waals surface area (Å²) in [7, 11) is -2.43. The van der Waals surface area contributed by atoms with Gasteiger partial charge in [-0.1, -0.05) is 6.07 Å². The van der Waals surface area contributed by atoms with Crippen LogP contribution in [-0.4, -0.2) is 17.5 Å². The zero-order valence-corrected chi connectivity index (χ0v) is 10.9. The maximum absolute atomic E-state index is 12.8. The van der Waals surface area contributed by atoms with E-state index in [1.807, 2.05) is 36.1 Å². The van der Waals surface area contributed by atoms with E-state index in [9.17, 15) is 12.8 Å². The van der Waals surface area contributed by atoms with Gasteiger partial charge in [-0.05, 0) is 36.8 Å². The van der Waals surface area contributed by atoms with Gasteiger partial charge in [-0.25, -0.2) is 4.39 Å². The third-order valence-corrected chi connectivity index (χ3v) is 3.01. The Labute approximate surface area is 105 Å². The van der Waals surface area contributed by atoms with E-state index in [0.717, 1.165) is 12.1 Å². The van der Waals surface area contributed by atoms with Crippen molar-refractivity contribution < 1.29 is 17.4 Å². The second-order valence-electron chi connectivity index (χ2n) is 3.76. The second kappa shape index (κ2) is 5.79. The Hall–Kier alpha value is -1.66. The van der Waals surface area contributed by atoms with Crippen molar-refractivity contribution in [3.63, 3.8) is 0 Å². The largest absolute Gasteiger partial charge is 0.357 e. The van der Waals surface area contributed by atoms with E-state index >= 15 is 0 Å². The standard InChI is InChI=1S/C7H7FO3S.C5H7N/c1-5-2-3-7(6(8)4-5)12(9,10)11;1-6-4-2-3-5-6/h2-4H,1H3,(H,9,10,11);2-5H,1H3. The fourth-order valence-electron chi connectivity index (χ4n) is 1.24. The number of rotatable bonds is 1. The van der Waals surface area contributed by atoms with Crippen molar-refractivity contribution in [2.24, 2.45) is 7.05 Å². The summed E-state index contributed by atoms with van der Waals surface area (Å²) in [5.74, 6) is -0.933. The van der Waals surface area contributed by atoms with Crippen LogP contribution in [0.5, 0.6) is 0 Å². The first-order chi connectivity index (χ1) is 8.30. The molecule has 0 aliphatic carbocycles. The molecule has 0 saturated heterocycles. The number of aryl methyl sites for hydroxylation is 2. The fraction of sp³-hybridized carbons (Fsp3) is 0.167. The Bertz CT molecular complexity index is 606. The van der Waals surface area contributed by atoms with Gasteiger partial charge in [0.2, 0.25) is 0 Å². The van der Waals surface area contributed by atoms with Gasteiger partial charge in [0.05, 0.1) is 0 Å². The molecule has 18 heavy (non-hydrogen) atoms. The second-order valence-corrected chi connectivity index (χ2v) is 5.15. The smallest absolute Gasteiger partial charge is 0.297 e. The first-order valence-corrected chi connectivity index (χ1v) is 6.55. The van der Waals surface area contributed by atoms with E-state index < -0.39 is 20.8 Å². The minimum Gasteiger partial charge on any atom is -0.357 e. The van der Waals surface area contributed by atoms with Crippen molar-refractivity contribution >= 4 is 10.1 Å². The molecule has 0 spiro atoms. The predicted octanol–water partition coefficient (Wildman–Crippen LogP) is 2.41. The molecule has 0 aliphatic heterocycles. The molecule has 2 aromatic rings. The molecule has 2 rings (SSSR count). The summed E-state index contributed by atoms with van der Waals surface area (Å²) < 4.78 is 44.3. The summed E-state index contributed by atoms with van der Waals surface area (Å²) in [4.78, 5) is -0.687. The van der Waals surface area contributed by atoms with Gasteiger partial charge in [-0.2, -0.15) is 8.42 Å². The maximum atomic E-state index is 12.8. The first-order valence-electron chi connectivity index (χ1n) is 5.11. The zero-order chi connectivity index (χ0) is 13.8. The van der Waals surface area contributed by atoms with Crippen molar-refractivity contribution in [1.29, 1.82) is 0 Å². The highest BCUT2D eigenvalue weighted by Crippen LogP contribution is 2.14. The van der Waals surface area contributed by atoms with E-state index in [-0.39, 0.29) is 0 Å². The summed E-state index contributed by atoms with van der Waals surface area (Å²) in [5, 5.41) is 0. The van der Waals surface area contributed by atoms with Crippen LogP contribution in [0.15, 0.2) is 47.6 Å². The zero-order valence-electron chi connectivity index (χ0n) is 10.0. The summed E-state index contributed by atoms with van der Waals surface area (Å²) in [6.07, 6.45) is 4.00. The molecule has 0 atom stereocenters. The minimum absolute atomic E-state index is 0.597. The maximum Gasteiger partial charge on any atom is 0.297 e. The van der Waals surface area contributed by atoms with Gasteiger partial charge in [0.25, 0.3) is 10.1 Å². The number of hydrogen-bond donors (Lipinski definition) is 1. The molecule has 4 nitrogen and oxygen atoms in total. The van der Waals surface area contributed by atoms with E-state index in [1.54, 1.807) is 6.92 Å². The van der Waals surface area contributed by atoms with Crippen molar-refractivity contribution in [3.8, 4) is 0 Å². The van der Waals surface area contributed by atoms with Crippen LogP contribution in [0.25, 0.3) is 0 Å². The lowest BCUT2D eigenvalue weighted by molar-refractivity contribution is 0.473. The Morgan fingerprint density at radius 2 is 1.78 bits per heavy atom. The Kier molecular flexibility index (Phi) is 4.63. The van der Waals surface area contributed by atoms with Crippen molar-refractivity contribution in [2.45, 2.75) is 11.8 Å². The molecule has 1 heterocycles. The van der Waals surface area contributed by atoms with Crippen LogP contribution in [0, 0.1) is 12.7 Å². The number of hydrogen-bond acceptors (Lipinski definition) is 2. The van der Waals surface area contributed by atoms with Crippen LogP contribution in [-0.2, 0) is 17.2 Å². The average Bonchev–Trinajstić information content (AvgIpc) is 2.67. The number of aromatic nitrogens is 1. The molecular formula is C12H14FNO3S. The van der Waals surface area contributed by atoms with Gasteiger partial charge in [0.15, 0.2) is 0 Å². The molecular weight excluding hydrogens is 257 g/mol. The molecule has 1 aromatic heterocycles. The first kappa shape index (κ1) is 14.4. The van der Waals surface area contributed by atoms with Crippen molar-refractivity contribution in [1.82, 2.24) is 4.57 Å². The highest BCUT2D eigenvalue weighted by molar-refractivity contribution is 7.85. The Morgan fingerprint density at radius 1 is 1.22 bits per heavy atom. The van der Waals surface area contributed by atoms with Crippen LogP contribution >= 0.6 is 0 Å². The molecule has 0 aliphatic rings. The molecule has 0 radical (unpaired) electrons. The van der Waals surface area contributed by atoms with Gasteiger partial charge in [-0.3, -0.25) is 4.55 Å². The van der Waals surface area contributed by atoms with E-state index in [2.05, 4.69) is 0 Å². The van der Waals surface area contributed by atoms with Crippen LogP contribution in [0.2, 0.25) is 0 Å². The quantitative estimate of drug-likeness (QED) is 0.810. The topological polar surface area (TPSA) is 59.3 Å². The molecule has 0 unspecified atom stereocenters. The number of halogens is 1. The molecule has 98 valence electrons. The van der Waals surface area contributed by atoms with Gasteiger partial charge in [-0.15, -0.1) is 0 Å². The van der Waals surface area contributed by atoms with Crippen LogP contribution in [0.1, 0.15) is 5.56 Å². The van der Waals surface area contributed by atoms with Gasteiger partial charge >= 0.3 is 0 Å². The van der Waals surface area contributed by atoms with Gasteiger partial charge < -0.3 is 4.57 Å². The molecule has 0 saturated carbocycles. The van der Waals surface area contributed by atoms with Gasteiger partial charge in [0, 0.05) is 19.4 Å². The lowest BCUT2D eigenvalue weighted by atomic mass is 10.2. The summed E-state index contributed by atoms with van der Waals surface area (Å²) in [6.45, 7) is 1.62. The van der Waals surface area contributed by atoms with Crippen molar-refractivity contribution in [2.75, 3.05) is 0 Å². The van der Waals surface area contributed by atoms with Crippen molar-refractivity contribution in [3.05, 3.63) is 54.1 Å².